The van der Waals surface area contributed by atoms with Crippen LogP contribution in [0.2, 0.25) is 0 Å². The third-order valence-corrected chi connectivity index (χ3v) is 5.09. The molecule has 1 aliphatic rings. The van der Waals surface area contributed by atoms with Crippen molar-refractivity contribution >= 4 is 23.1 Å². The minimum absolute atomic E-state index is 0.00868. The number of anilines is 1. The molecule has 33 heavy (non-hydrogen) atoms. The summed E-state index contributed by atoms with van der Waals surface area (Å²) in [5, 5.41) is 2.79. The van der Waals surface area contributed by atoms with Gasteiger partial charge in [-0.25, -0.2) is 8.78 Å². The van der Waals surface area contributed by atoms with E-state index in [0.717, 1.165) is 17.0 Å². The zero-order valence-corrected chi connectivity index (χ0v) is 17.8. The summed E-state index contributed by atoms with van der Waals surface area (Å²) in [4.78, 5) is 31.7. The fourth-order valence-electron chi connectivity index (χ4n) is 3.49. The van der Waals surface area contributed by atoms with Gasteiger partial charge in [0.25, 0.3) is 11.8 Å². The summed E-state index contributed by atoms with van der Waals surface area (Å²) in [6.07, 6.45) is 3.14. The smallest absolute Gasteiger partial charge is 0.278 e. The van der Waals surface area contributed by atoms with E-state index < -0.39 is 23.4 Å². The second-order valence-electron chi connectivity index (χ2n) is 7.13. The molecule has 0 bridgehead atoms. The van der Waals surface area contributed by atoms with Crippen molar-refractivity contribution in [2.24, 2.45) is 0 Å². The Bertz CT molecular complexity index is 1260. The van der Waals surface area contributed by atoms with E-state index in [1.54, 1.807) is 42.7 Å². The fraction of sp³-hybridized carbons (Fsp3) is 0.125. The quantitative estimate of drug-likeness (QED) is 0.551. The number of imide groups is 1. The highest BCUT2D eigenvalue weighted by Crippen LogP contribution is 2.36. The highest BCUT2D eigenvalue weighted by atomic mass is 19.2. The first-order valence-corrected chi connectivity index (χ1v) is 9.86. The lowest BCUT2D eigenvalue weighted by Crippen LogP contribution is -2.32. The molecule has 0 atom stereocenters. The van der Waals surface area contributed by atoms with Gasteiger partial charge in [-0.05, 0) is 41.5 Å². The van der Waals surface area contributed by atoms with Gasteiger partial charge in [0, 0.05) is 24.1 Å². The number of amides is 2. The van der Waals surface area contributed by atoms with Crippen molar-refractivity contribution in [2.45, 2.75) is 6.54 Å². The zero-order valence-electron chi connectivity index (χ0n) is 17.8. The van der Waals surface area contributed by atoms with Gasteiger partial charge < -0.3 is 14.8 Å². The Labute approximate surface area is 188 Å². The molecule has 1 aromatic heterocycles. The van der Waals surface area contributed by atoms with Gasteiger partial charge in [-0.3, -0.25) is 19.5 Å². The minimum atomic E-state index is -1.09. The second kappa shape index (κ2) is 9.07. The van der Waals surface area contributed by atoms with Crippen molar-refractivity contribution < 1.29 is 27.8 Å². The van der Waals surface area contributed by atoms with Crippen molar-refractivity contribution in [1.29, 1.82) is 0 Å². The number of benzene rings is 2. The molecule has 2 amide bonds. The van der Waals surface area contributed by atoms with E-state index in [9.17, 15) is 18.4 Å². The van der Waals surface area contributed by atoms with Crippen LogP contribution in [-0.2, 0) is 16.1 Å². The van der Waals surface area contributed by atoms with Crippen LogP contribution in [0.3, 0.4) is 0 Å². The third-order valence-electron chi connectivity index (χ3n) is 5.09. The molecule has 1 aliphatic heterocycles. The Morgan fingerprint density at radius 3 is 2.39 bits per heavy atom. The number of halogens is 2. The first-order valence-electron chi connectivity index (χ1n) is 9.86. The summed E-state index contributed by atoms with van der Waals surface area (Å²) in [7, 11) is 2.93. The van der Waals surface area contributed by atoms with Gasteiger partial charge in [-0.2, -0.15) is 0 Å². The SMILES string of the molecule is COc1ccc(C2=C(Nc3ccc(F)c(F)c3)C(=O)N(Cc3cccnc3)C2=O)cc1OC. The minimum Gasteiger partial charge on any atom is -0.493 e. The van der Waals surface area contributed by atoms with Crippen molar-refractivity contribution in [2.75, 3.05) is 19.5 Å². The topological polar surface area (TPSA) is 80.8 Å². The van der Waals surface area contributed by atoms with Crippen LogP contribution in [-0.4, -0.2) is 35.9 Å². The van der Waals surface area contributed by atoms with E-state index >= 15 is 0 Å². The number of methoxy groups -OCH3 is 2. The van der Waals surface area contributed by atoms with Gasteiger partial charge in [0.15, 0.2) is 23.1 Å². The van der Waals surface area contributed by atoms with E-state index in [1.807, 2.05) is 0 Å². The summed E-state index contributed by atoms with van der Waals surface area (Å²) in [6, 6.07) is 11.4. The average molecular weight is 451 g/mol. The van der Waals surface area contributed by atoms with Crippen molar-refractivity contribution in [3.63, 3.8) is 0 Å². The van der Waals surface area contributed by atoms with Crippen molar-refractivity contribution in [1.82, 2.24) is 9.88 Å². The Hall–Kier alpha value is -4.27. The first kappa shape index (κ1) is 21.9. The average Bonchev–Trinajstić information content (AvgIpc) is 3.05. The lowest BCUT2D eigenvalue weighted by atomic mass is 10.0. The Balaban J connectivity index is 1.79. The number of carbonyl (C=O) groups is 2. The Kier molecular flexibility index (Phi) is 6.03. The molecule has 2 heterocycles. The van der Waals surface area contributed by atoms with Crippen LogP contribution < -0.4 is 14.8 Å². The summed E-state index contributed by atoms with van der Waals surface area (Å²) in [6.45, 7) is -0.00868. The standard InChI is InChI=1S/C24H19F2N3O4/c1-32-19-8-5-15(10-20(19)33-2)21-22(28-16-6-7-17(25)18(26)11-16)24(31)29(23(21)30)13-14-4-3-9-27-12-14/h3-12,28H,13H2,1-2H3. The molecule has 3 aromatic rings. The molecule has 0 saturated heterocycles. The van der Waals surface area contributed by atoms with E-state index in [-0.39, 0.29) is 23.5 Å². The first-order chi connectivity index (χ1) is 15.9. The molecule has 0 fully saturated rings. The van der Waals surface area contributed by atoms with Crippen molar-refractivity contribution in [3.8, 4) is 11.5 Å². The summed E-state index contributed by atoms with van der Waals surface area (Å²) in [5.74, 6) is -2.47. The largest absolute Gasteiger partial charge is 0.493 e. The normalized spacial score (nSPS) is 13.5. The molecular formula is C24H19F2N3O4. The van der Waals surface area contributed by atoms with Gasteiger partial charge in [0.05, 0.1) is 26.3 Å². The van der Waals surface area contributed by atoms with Gasteiger partial charge in [-0.1, -0.05) is 12.1 Å². The number of ether oxygens (including phenoxy) is 2. The molecule has 4 rings (SSSR count). The Morgan fingerprint density at radius 2 is 1.73 bits per heavy atom. The lowest BCUT2D eigenvalue weighted by molar-refractivity contribution is -0.137. The second-order valence-corrected chi connectivity index (χ2v) is 7.13. The maximum absolute atomic E-state index is 13.8. The van der Waals surface area contributed by atoms with E-state index in [1.165, 1.54) is 20.3 Å². The van der Waals surface area contributed by atoms with Crippen LogP contribution in [0.5, 0.6) is 11.5 Å². The molecule has 0 spiro atoms. The molecule has 7 nitrogen and oxygen atoms in total. The molecular weight excluding hydrogens is 432 g/mol. The van der Waals surface area contributed by atoms with E-state index in [4.69, 9.17) is 9.47 Å². The molecule has 9 heteroatoms. The van der Waals surface area contributed by atoms with Crippen molar-refractivity contribution in [3.05, 3.63) is 89.4 Å². The summed E-state index contributed by atoms with van der Waals surface area (Å²) >= 11 is 0. The molecule has 0 unspecified atom stereocenters. The maximum atomic E-state index is 13.8. The zero-order chi connectivity index (χ0) is 23.5. The predicted molar refractivity (Wildman–Crippen MR) is 116 cm³/mol. The molecule has 0 aliphatic carbocycles. The van der Waals surface area contributed by atoms with Crippen LogP contribution in [0.4, 0.5) is 14.5 Å². The molecule has 2 aromatic carbocycles. The van der Waals surface area contributed by atoms with E-state index in [0.29, 0.717) is 22.6 Å². The fourth-order valence-corrected chi connectivity index (χ4v) is 3.49. The van der Waals surface area contributed by atoms with Crippen LogP contribution in [0.15, 0.2) is 66.6 Å². The lowest BCUT2D eigenvalue weighted by Gasteiger charge is -2.15. The van der Waals surface area contributed by atoms with Crippen LogP contribution in [0.1, 0.15) is 11.1 Å². The molecule has 0 radical (unpaired) electrons. The number of pyridine rings is 1. The molecule has 168 valence electrons. The summed E-state index contributed by atoms with van der Waals surface area (Å²) in [5.41, 5.74) is 1.16. The van der Waals surface area contributed by atoms with Gasteiger partial charge >= 0.3 is 0 Å². The highest BCUT2D eigenvalue weighted by molar-refractivity contribution is 6.36. The predicted octanol–water partition coefficient (Wildman–Crippen LogP) is 3.77. The number of nitrogens with zero attached hydrogens (tertiary/aromatic N) is 2. The van der Waals surface area contributed by atoms with Gasteiger partial charge in [0.2, 0.25) is 0 Å². The number of aromatic nitrogens is 1. The van der Waals surface area contributed by atoms with Crippen LogP contribution >= 0.6 is 0 Å². The number of rotatable bonds is 7. The molecule has 0 saturated carbocycles. The highest BCUT2D eigenvalue weighted by Gasteiger charge is 2.39. The third kappa shape index (κ3) is 4.25. The maximum Gasteiger partial charge on any atom is 0.278 e. The molecule has 1 N–H and O–H groups in total. The van der Waals surface area contributed by atoms with Crippen LogP contribution in [0.25, 0.3) is 5.57 Å². The van der Waals surface area contributed by atoms with Gasteiger partial charge in [-0.15, -0.1) is 0 Å². The monoisotopic (exact) mass is 451 g/mol. The number of nitrogens with one attached hydrogen (secondary N) is 1. The Morgan fingerprint density at radius 1 is 0.939 bits per heavy atom. The number of carbonyl (C=O) groups excluding carboxylic acids is 2. The van der Waals surface area contributed by atoms with Crippen LogP contribution in [0, 0.1) is 11.6 Å². The summed E-state index contributed by atoms with van der Waals surface area (Å²) < 4.78 is 37.7. The van der Waals surface area contributed by atoms with E-state index in [2.05, 4.69) is 10.3 Å². The van der Waals surface area contributed by atoms with Gasteiger partial charge in [0.1, 0.15) is 5.70 Å². The number of hydrogen-bond donors (Lipinski definition) is 1. The number of hydrogen-bond acceptors (Lipinski definition) is 6.